The molecule has 2 aromatic rings. The van der Waals surface area contributed by atoms with Crippen molar-refractivity contribution in [2.75, 3.05) is 13.2 Å². The topological polar surface area (TPSA) is 47.3 Å². The number of ether oxygens (including phenoxy) is 1. The second kappa shape index (κ2) is 6.42. The SMILES string of the molecule is CCNCc1coc(OCCc2cccs2)n1. The van der Waals surface area contributed by atoms with Gasteiger partial charge in [-0.05, 0) is 18.0 Å². The van der Waals surface area contributed by atoms with Gasteiger partial charge in [-0.2, -0.15) is 4.98 Å². The maximum atomic E-state index is 5.44. The lowest BCUT2D eigenvalue weighted by atomic mass is 10.4. The first kappa shape index (κ1) is 12.1. The highest BCUT2D eigenvalue weighted by Crippen LogP contribution is 2.12. The molecular weight excluding hydrogens is 236 g/mol. The van der Waals surface area contributed by atoms with Crippen LogP contribution in [0.15, 0.2) is 28.2 Å². The Balaban J connectivity index is 1.73. The molecule has 2 heterocycles. The number of aromatic nitrogens is 1. The maximum Gasteiger partial charge on any atom is 0.393 e. The van der Waals surface area contributed by atoms with Crippen molar-refractivity contribution in [1.82, 2.24) is 10.3 Å². The summed E-state index contributed by atoms with van der Waals surface area (Å²) in [6.45, 7) is 4.29. The standard InChI is InChI=1S/C12H16N2O2S/c1-2-13-8-10-9-16-12(14-10)15-6-5-11-4-3-7-17-11/h3-4,7,9,13H,2,5-6,8H2,1H3. The Labute approximate surface area is 105 Å². The second-order valence-electron chi connectivity index (χ2n) is 3.56. The van der Waals surface area contributed by atoms with Crippen molar-refractivity contribution in [2.24, 2.45) is 0 Å². The fourth-order valence-electron chi connectivity index (χ4n) is 1.38. The van der Waals surface area contributed by atoms with E-state index in [1.807, 2.05) is 6.07 Å². The summed E-state index contributed by atoms with van der Waals surface area (Å²) < 4.78 is 10.7. The van der Waals surface area contributed by atoms with Crippen LogP contribution in [0.25, 0.3) is 0 Å². The van der Waals surface area contributed by atoms with E-state index >= 15 is 0 Å². The van der Waals surface area contributed by atoms with Gasteiger partial charge in [0.15, 0.2) is 0 Å². The molecule has 0 unspecified atom stereocenters. The molecule has 4 nitrogen and oxygen atoms in total. The average molecular weight is 252 g/mol. The Hall–Kier alpha value is -1.33. The first-order valence-corrected chi connectivity index (χ1v) is 6.56. The van der Waals surface area contributed by atoms with Crippen LogP contribution in [0, 0.1) is 0 Å². The number of rotatable bonds is 7. The monoisotopic (exact) mass is 252 g/mol. The van der Waals surface area contributed by atoms with Crippen molar-refractivity contribution in [3.05, 3.63) is 34.3 Å². The van der Waals surface area contributed by atoms with Crippen molar-refractivity contribution >= 4 is 11.3 Å². The highest BCUT2D eigenvalue weighted by Gasteiger charge is 2.04. The Bertz CT molecular complexity index is 425. The van der Waals surface area contributed by atoms with Crippen LogP contribution in [0.3, 0.4) is 0 Å². The average Bonchev–Trinajstić information content (AvgIpc) is 2.98. The molecule has 0 amide bonds. The lowest BCUT2D eigenvalue weighted by Gasteiger charge is -1.98. The molecule has 0 aliphatic heterocycles. The van der Waals surface area contributed by atoms with Crippen molar-refractivity contribution in [3.63, 3.8) is 0 Å². The second-order valence-corrected chi connectivity index (χ2v) is 4.60. The minimum absolute atomic E-state index is 0.356. The Kier molecular flexibility index (Phi) is 4.58. The van der Waals surface area contributed by atoms with Gasteiger partial charge in [0.2, 0.25) is 0 Å². The summed E-state index contributed by atoms with van der Waals surface area (Å²) in [4.78, 5) is 5.53. The minimum atomic E-state index is 0.356. The van der Waals surface area contributed by atoms with Gasteiger partial charge in [-0.15, -0.1) is 11.3 Å². The fraction of sp³-hybridized carbons (Fsp3) is 0.417. The molecule has 0 aromatic carbocycles. The zero-order valence-electron chi connectivity index (χ0n) is 9.81. The molecule has 0 aliphatic rings. The van der Waals surface area contributed by atoms with Crippen molar-refractivity contribution in [1.29, 1.82) is 0 Å². The smallest absolute Gasteiger partial charge is 0.393 e. The molecule has 2 rings (SSSR count). The van der Waals surface area contributed by atoms with Gasteiger partial charge < -0.3 is 14.5 Å². The third-order valence-corrected chi connectivity index (χ3v) is 3.18. The lowest BCUT2D eigenvalue weighted by molar-refractivity contribution is 0.234. The molecular formula is C12H16N2O2S. The summed E-state index contributed by atoms with van der Waals surface area (Å²) in [6, 6.07) is 4.14. The van der Waals surface area contributed by atoms with Crippen LogP contribution < -0.4 is 10.1 Å². The van der Waals surface area contributed by atoms with E-state index in [-0.39, 0.29) is 0 Å². The van der Waals surface area contributed by atoms with Gasteiger partial charge in [0.25, 0.3) is 0 Å². The van der Waals surface area contributed by atoms with Crippen LogP contribution in [0.1, 0.15) is 17.5 Å². The van der Waals surface area contributed by atoms with Crippen LogP contribution >= 0.6 is 11.3 Å². The van der Waals surface area contributed by atoms with Gasteiger partial charge >= 0.3 is 6.08 Å². The normalized spacial score (nSPS) is 10.6. The molecule has 5 heteroatoms. The first-order chi connectivity index (χ1) is 8.38. The zero-order chi connectivity index (χ0) is 11.9. The largest absolute Gasteiger partial charge is 0.450 e. The van der Waals surface area contributed by atoms with E-state index in [1.54, 1.807) is 17.6 Å². The summed E-state index contributed by atoms with van der Waals surface area (Å²) in [6.07, 6.45) is 2.88. The molecule has 1 N–H and O–H groups in total. The number of hydrogen-bond acceptors (Lipinski definition) is 5. The summed E-state index contributed by atoms with van der Waals surface area (Å²) in [7, 11) is 0. The van der Waals surface area contributed by atoms with Gasteiger partial charge in [-0.3, -0.25) is 0 Å². The Morgan fingerprint density at radius 1 is 1.53 bits per heavy atom. The van der Waals surface area contributed by atoms with Crippen LogP contribution in [-0.4, -0.2) is 18.1 Å². The molecule has 0 saturated carbocycles. The van der Waals surface area contributed by atoms with E-state index < -0.39 is 0 Å². The highest BCUT2D eigenvalue weighted by molar-refractivity contribution is 7.09. The van der Waals surface area contributed by atoms with Crippen LogP contribution in [0.4, 0.5) is 0 Å². The van der Waals surface area contributed by atoms with E-state index in [4.69, 9.17) is 9.15 Å². The van der Waals surface area contributed by atoms with Gasteiger partial charge in [-0.1, -0.05) is 13.0 Å². The summed E-state index contributed by atoms with van der Waals surface area (Å²) in [5.41, 5.74) is 0.873. The summed E-state index contributed by atoms with van der Waals surface area (Å²) in [5, 5.41) is 5.24. The summed E-state index contributed by atoms with van der Waals surface area (Å²) in [5.74, 6) is 0. The van der Waals surface area contributed by atoms with Crippen molar-refractivity contribution < 1.29 is 9.15 Å². The molecule has 17 heavy (non-hydrogen) atoms. The number of thiophene rings is 1. The maximum absolute atomic E-state index is 5.44. The van der Waals surface area contributed by atoms with Crippen LogP contribution in [0.5, 0.6) is 6.08 Å². The van der Waals surface area contributed by atoms with Gasteiger partial charge in [0, 0.05) is 17.8 Å². The molecule has 0 fully saturated rings. The van der Waals surface area contributed by atoms with E-state index in [9.17, 15) is 0 Å². The molecule has 2 aromatic heterocycles. The van der Waals surface area contributed by atoms with E-state index in [0.717, 1.165) is 18.7 Å². The molecule has 0 atom stereocenters. The summed E-state index contributed by atoms with van der Waals surface area (Å²) >= 11 is 1.73. The molecule has 0 saturated heterocycles. The van der Waals surface area contributed by atoms with Gasteiger partial charge in [-0.25, -0.2) is 0 Å². The molecule has 0 aliphatic carbocycles. The zero-order valence-corrected chi connectivity index (χ0v) is 10.6. The molecule has 92 valence electrons. The van der Waals surface area contributed by atoms with Gasteiger partial charge in [0.1, 0.15) is 6.26 Å². The van der Waals surface area contributed by atoms with Crippen LogP contribution in [-0.2, 0) is 13.0 Å². The quantitative estimate of drug-likeness (QED) is 0.822. The van der Waals surface area contributed by atoms with E-state index in [0.29, 0.717) is 19.2 Å². The molecule has 0 bridgehead atoms. The third-order valence-electron chi connectivity index (χ3n) is 2.24. The Morgan fingerprint density at radius 3 is 3.24 bits per heavy atom. The van der Waals surface area contributed by atoms with Crippen LogP contribution in [0.2, 0.25) is 0 Å². The predicted octanol–water partition coefficient (Wildman–Crippen LogP) is 2.47. The number of nitrogens with one attached hydrogen (secondary N) is 1. The van der Waals surface area contributed by atoms with Gasteiger partial charge in [0.05, 0.1) is 12.3 Å². The Morgan fingerprint density at radius 2 is 2.47 bits per heavy atom. The van der Waals surface area contributed by atoms with Crippen molar-refractivity contribution in [2.45, 2.75) is 19.9 Å². The number of oxazole rings is 1. The highest BCUT2D eigenvalue weighted by atomic mass is 32.1. The number of hydrogen-bond donors (Lipinski definition) is 1. The first-order valence-electron chi connectivity index (χ1n) is 5.69. The minimum Gasteiger partial charge on any atom is -0.450 e. The van der Waals surface area contributed by atoms with E-state index in [1.165, 1.54) is 4.88 Å². The fourth-order valence-corrected chi connectivity index (χ4v) is 2.07. The predicted molar refractivity (Wildman–Crippen MR) is 67.4 cm³/mol. The third kappa shape index (κ3) is 3.87. The van der Waals surface area contributed by atoms with E-state index in [2.05, 4.69) is 28.7 Å². The molecule has 0 radical (unpaired) electrons. The number of nitrogens with zero attached hydrogens (tertiary/aromatic N) is 1. The lowest BCUT2D eigenvalue weighted by Crippen LogP contribution is -2.11. The molecule has 0 spiro atoms. The van der Waals surface area contributed by atoms with Crippen molar-refractivity contribution in [3.8, 4) is 6.08 Å².